The lowest BCUT2D eigenvalue weighted by molar-refractivity contribution is -0.142. The summed E-state index contributed by atoms with van der Waals surface area (Å²) >= 11 is 0. The third-order valence-corrected chi connectivity index (χ3v) is 3.51. The summed E-state index contributed by atoms with van der Waals surface area (Å²) in [7, 11) is 0. The quantitative estimate of drug-likeness (QED) is 0.813. The van der Waals surface area contributed by atoms with Gasteiger partial charge in [-0.3, -0.25) is 9.59 Å². The van der Waals surface area contributed by atoms with E-state index in [2.05, 4.69) is 10.5 Å². The van der Waals surface area contributed by atoms with Gasteiger partial charge in [-0.15, -0.1) is 0 Å². The van der Waals surface area contributed by atoms with Gasteiger partial charge in [0.1, 0.15) is 5.76 Å². The molecule has 0 bridgehead atoms. The van der Waals surface area contributed by atoms with Crippen LogP contribution in [0, 0.1) is 12.8 Å². The molecule has 2 N–H and O–H groups in total. The van der Waals surface area contributed by atoms with E-state index in [0.29, 0.717) is 18.6 Å². The number of amides is 1. The number of carbonyl (C=O) groups excluding carboxylic acids is 1. The first-order valence-corrected chi connectivity index (χ1v) is 6.55. The number of carbonyl (C=O) groups is 2. The highest BCUT2D eigenvalue weighted by atomic mass is 16.5. The standard InChI is InChI=1S/C13H18N2O4/c1-8-7-11(15-19-8)12(16)14-10-6-4-2-3-5-9(10)13(17)18/h7,9-10H,2-6H2,1H3,(H,14,16)(H,17,18)/t9-,10+/m1/s1. The zero-order valence-corrected chi connectivity index (χ0v) is 10.9. The second-order valence-electron chi connectivity index (χ2n) is 4.99. The van der Waals surface area contributed by atoms with Crippen molar-refractivity contribution in [2.45, 2.75) is 45.1 Å². The van der Waals surface area contributed by atoms with Crippen LogP contribution in [0.2, 0.25) is 0 Å². The molecule has 1 amide bonds. The number of aliphatic carboxylic acids is 1. The molecular formula is C13H18N2O4. The summed E-state index contributed by atoms with van der Waals surface area (Å²) in [6.07, 6.45) is 4.15. The Hall–Kier alpha value is -1.85. The largest absolute Gasteiger partial charge is 0.481 e. The van der Waals surface area contributed by atoms with Crippen LogP contribution in [-0.4, -0.2) is 28.2 Å². The Bertz CT molecular complexity index is 469. The van der Waals surface area contributed by atoms with Crippen molar-refractivity contribution in [1.82, 2.24) is 10.5 Å². The Kier molecular flexibility index (Phi) is 4.19. The van der Waals surface area contributed by atoms with E-state index in [0.717, 1.165) is 19.3 Å². The molecule has 0 radical (unpaired) electrons. The average Bonchev–Trinajstić information content (AvgIpc) is 2.65. The van der Waals surface area contributed by atoms with E-state index in [4.69, 9.17) is 4.52 Å². The van der Waals surface area contributed by atoms with E-state index >= 15 is 0 Å². The number of hydrogen-bond donors (Lipinski definition) is 2. The molecule has 0 aliphatic heterocycles. The van der Waals surface area contributed by atoms with Crippen molar-refractivity contribution in [2.24, 2.45) is 5.92 Å². The van der Waals surface area contributed by atoms with Crippen LogP contribution in [0.15, 0.2) is 10.6 Å². The fourth-order valence-corrected chi connectivity index (χ4v) is 2.49. The maximum absolute atomic E-state index is 12.0. The molecule has 1 aliphatic rings. The minimum atomic E-state index is -0.844. The number of hydrogen-bond acceptors (Lipinski definition) is 4. The summed E-state index contributed by atoms with van der Waals surface area (Å²) in [5.41, 5.74) is 0.200. The van der Waals surface area contributed by atoms with Crippen LogP contribution < -0.4 is 5.32 Å². The molecule has 1 aromatic rings. The van der Waals surface area contributed by atoms with Gasteiger partial charge in [0.2, 0.25) is 0 Å². The molecule has 104 valence electrons. The van der Waals surface area contributed by atoms with Crippen LogP contribution in [0.5, 0.6) is 0 Å². The van der Waals surface area contributed by atoms with Gasteiger partial charge in [0.05, 0.1) is 5.92 Å². The normalized spacial score (nSPS) is 23.6. The Balaban J connectivity index is 2.06. The molecule has 0 spiro atoms. The molecule has 1 aromatic heterocycles. The third kappa shape index (κ3) is 3.33. The van der Waals surface area contributed by atoms with Crippen LogP contribution >= 0.6 is 0 Å². The lowest BCUT2D eigenvalue weighted by atomic mass is 9.95. The summed E-state index contributed by atoms with van der Waals surface area (Å²) in [6.45, 7) is 1.70. The van der Waals surface area contributed by atoms with Crippen LogP contribution in [0.25, 0.3) is 0 Å². The second kappa shape index (κ2) is 5.86. The fourth-order valence-electron chi connectivity index (χ4n) is 2.49. The number of nitrogens with one attached hydrogen (secondary N) is 1. The first-order valence-electron chi connectivity index (χ1n) is 6.55. The van der Waals surface area contributed by atoms with Crippen molar-refractivity contribution >= 4 is 11.9 Å². The summed E-state index contributed by atoms with van der Waals surface area (Å²) < 4.78 is 4.85. The molecule has 0 aromatic carbocycles. The van der Waals surface area contributed by atoms with Gasteiger partial charge in [-0.1, -0.05) is 24.4 Å². The van der Waals surface area contributed by atoms with Gasteiger partial charge < -0.3 is 14.9 Å². The van der Waals surface area contributed by atoms with Crippen molar-refractivity contribution in [2.75, 3.05) is 0 Å². The lowest BCUT2D eigenvalue weighted by Gasteiger charge is -2.22. The van der Waals surface area contributed by atoms with Gasteiger partial charge >= 0.3 is 5.97 Å². The summed E-state index contributed by atoms with van der Waals surface area (Å²) in [4.78, 5) is 23.2. The number of carboxylic acids is 1. The minimum Gasteiger partial charge on any atom is -0.481 e. The lowest BCUT2D eigenvalue weighted by Crippen LogP contribution is -2.42. The highest BCUT2D eigenvalue weighted by Gasteiger charge is 2.31. The molecular weight excluding hydrogens is 248 g/mol. The van der Waals surface area contributed by atoms with E-state index in [9.17, 15) is 14.7 Å². The first-order chi connectivity index (χ1) is 9.08. The predicted octanol–water partition coefficient (Wildman–Crippen LogP) is 1.75. The Labute approximate surface area is 111 Å². The molecule has 0 unspecified atom stereocenters. The van der Waals surface area contributed by atoms with Crippen LogP contribution in [0.4, 0.5) is 0 Å². The topological polar surface area (TPSA) is 92.4 Å². The van der Waals surface area contributed by atoms with Gasteiger partial charge in [0.15, 0.2) is 5.69 Å². The summed E-state index contributed by atoms with van der Waals surface area (Å²) in [5.74, 6) is -1.17. The van der Waals surface area contributed by atoms with Gasteiger partial charge in [-0.05, 0) is 19.8 Å². The Morgan fingerprint density at radius 1 is 1.37 bits per heavy atom. The Morgan fingerprint density at radius 2 is 2.11 bits per heavy atom. The van der Waals surface area contributed by atoms with Crippen molar-refractivity contribution in [3.05, 3.63) is 17.5 Å². The molecule has 2 rings (SSSR count). The highest BCUT2D eigenvalue weighted by molar-refractivity contribution is 5.92. The fraction of sp³-hybridized carbons (Fsp3) is 0.615. The van der Waals surface area contributed by atoms with Gasteiger partial charge in [-0.25, -0.2) is 0 Å². The van der Waals surface area contributed by atoms with Gasteiger partial charge in [-0.2, -0.15) is 0 Å². The number of aromatic nitrogens is 1. The molecule has 1 aliphatic carbocycles. The molecule has 2 atom stereocenters. The monoisotopic (exact) mass is 266 g/mol. The maximum atomic E-state index is 12.0. The number of nitrogens with zero attached hydrogens (tertiary/aromatic N) is 1. The molecule has 1 heterocycles. The average molecular weight is 266 g/mol. The Morgan fingerprint density at radius 3 is 2.74 bits per heavy atom. The molecule has 1 fully saturated rings. The molecule has 6 heteroatoms. The van der Waals surface area contributed by atoms with E-state index in [1.165, 1.54) is 0 Å². The third-order valence-electron chi connectivity index (χ3n) is 3.51. The van der Waals surface area contributed by atoms with Crippen LogP contribution in [0.1, 0.15) is 48.4 Å². The summed E-state index contributed by atoms with van der Waals surface area (Å²) in [5, 5.41) is 15.7. The van der Waals surface area contributed by atoms with E-state index in [1.807, 2.05) is 0 Å². The zero-order valence-electron chi connectivity index (χ0n) is 10.9. The number of carboxylic acid groups (broad SMARTS) is 1. The van der Waals surface area contributed by atoms with Gasteiger partial charge in [0, 0.05) is 12.1 Å². The molecule has 6 nitrogen and oxygen atoms in total. The molecule has 19 heavy (non-hydrogen) atoms. The van der Waals surface area contributed by atoms with E-state index < -0.39 is 11.9 Å². The zero-order chi connectivity index (χ0) is 13.8. The number of rotatable bonds is 3. The van der Waals surface area contributed by atoms with Crippen molar-refractivity contribution in [1.29, 1.82) is 0 Å². The second-order valence-corrected chi connectivity index (χ2v) is 4.99. The van der Waals surface area contributed by atoms with Crippen molar-refractivity contribution < 1.29 is 19.2 Å². The predicted molar refractivity (Wildman–Crippen MR) is 66.7 cm³/mol. The minimum absolute atomic E-state index is 0.200. The van der Waals surface area contributed by atoms with Crippen LogP contribution in [0.3, 0.4) is 0 Å². The van der Waals surface area contributed by atoms with E-state index in [-0.39, 0.29) is 17.6 Å². The summed E-state index contributed by atoms with van der Waals surface area (Å²) in [6, 6.07) is 1.21. The highest BCUT2D eigenvalue weighted by Crippen LogP contribution is 2.24. The van der Waals surface area contributed by atoms with Crippen molar-refractivity contribution in [3.8, 4) is 0 Å². The molecule has 0 saturated heterocycles. The van der Waals surface area contributed by atoms with Crippen molar-refractivity contribution in [3.63, 3.8) is 0 Å². The number of aryl methyl sites for hydroxylation is 1. The van der Waals surface area contributed by atoms with Crippen LogP contribution in [-0.2, 0) is 4.79 Å². The first kappa shape index (κ1) is 13.6. The van der Waals surface area contributed by atoms with E-state index in [1.54, 1.807) is 13.0 Å². The van der Waals surface area contributed by atoms with Gasteiger partial charge in [0.25, 0.3) is 5.91 Å². The maximum Gasteiger partial charge on any atom is 0.308 e. The smallest absolute Gasteiger partial charge is 0.308 e. The SMILES string of the molecule is Cc1cc(C(=O)N[C@H]2CCCCC[C@H]2C(=O)O)no1. The molecule has 1 saturated carbocycles.